The fourth-order valence-electron chi connectivity index (χ4n) is 5.04. The largest absolute Gasteiger partial charge is 0.492 e. The summed E-state index contributed by atoms with van der Waals surface area (Å²) in [5, 5.41) is 9.92. The molecule has 2 aromatic carbocycles. The van der Waals surface area contributed by atoms with Gasteiger partial charge in [0.2, 0.25) is 0 Å². The van der Waals surface area contributed by atoms with Gasteiger partial charge in [-0.3, -0.25) is 4.79 Å². The maximum atomic E-state index is 13.4. The summed E-state index contributed by atoms with van der Waals surface area (Å²) in [6, 6.07) is 9.25. The maximum Gasteiger partial charge on any atom is 0.323 e. The highest BCUT2D eigenvalue weighted by Gasteiger charge is 2.20. The monoisotopic (exact) mass is 546 g/mol. The quantitative estimate of drug-likeness (QED) is 0.232. The standard InChI is InChI=1S/C29H31ClN6O3/c1-17-9-18(2)11-19(10-17)26-27(39-8-6-20-5-3-4-7-33-20)22-12-25(23(30)13-24(22)35-28(26)37)36-29(38)34-21-14-31-16-32-15-21/h9-16,20,33H,3-8H2,1-2H3,(H,35,37)(H2,34,36,38). The Morgan fingerprint density at radius 1 is 1.08 bits per heavy atom. The highest BCUT2D eigenvalue weighted by Crippen LogP contribution is 2.38. The number of anilines is 2. The number of fused-ring (bicyclic) bond motifs is 1. The minimum absolute atomic E-state index is 0.267. The van der Waals surface area contributed by atoms with Crippen molar-refractivity contribution in [3.8, 4) is 16.9 Å². The third-order valence-electron chi connectivity index (χ3n) is 6.76. The molecule has 0 saturated carbocycles. The van der Waals surface area contributed by atoms with Crippen LogP contribution in [0, 0.1) is 13.8 Å². The number of amides is 2. The van der Waals surface area contributed by atoms with E-state index in [1.54, 1.807) is 12.1 Å². The van der Waals surface area contributed by atoms with E-state index in [9.17, 15) is 9.59 Å². The number of halogens is 1. The first kappa shape index (κ1) is 26.6. The number of nitrogens with one attached hydrogen (secondary N) is 4. The number of hydrogen-bond acceptors (Lipinski definition) is 6. The van der Waals surface area contributed by atoms with Crippen LogP contribution in [0.2, 0.25) is 5.02 Å². The Morgan fingerprint density at radius 3 is 2.56 bits per heavy atom. The van der Waals surface area contributed by atoms with Crippen LogP contribution >= 0.6 is 11.6 Å². The third kappa shape index (κ3) is 6.38. The predicted octanol–water partition coefficient (Wildman–Crippen LogP) is 5.81. The van der Waals surface area contributed by atoms with Gasteiger partial charge in [0, 0.05) is 11.4 Å². The summed E-state index contributed by atoms with van der Waals surface area (Å²) in [4.78, 5) is 36.9. The Morgan fingerprint density at radius 2 is 1.85 bits per heavy atom. The average Bonchev–Trinajstić information content (AvgIpc) is 2.90. The van der Waals surface area contributed by atoms with Crippen molar-refractivity contribution in [2.45, 2.75) is 45.6 Å². The zero-order chi connectivity index (χ0) is 27.4. The van der Waals surface area contributed by atoms with Crippen molar-refractivity contribution in [2.75, 3.05) is 23.8 Å². The van der Waals surface area contributed by atoms with E-state index in [1.165, 1.54) is 31.6 Å². The number of aryl methyl sites for hydroxylation is 2. The molecule has 9 nitrogen and oxygen atoms in total. The van der Waals surface area contributed by atoms with Gasteiger partial charge >= 0.3 is 6.03 Å². The van der Waals surface area contributed by atoms with Crippen LogP contribution in [0.3, 0.4) is 0 Å². The summed E-state index contributed by atoms with van der Waals surface area (Å²) >= 11 is 6.52. The normalized spacial score (nSPS) is 15.2. The van der Waals surface area contributed by atoms with Crippen molar-refractivity contribution in [1.29, 1.82) is 0 Å². The molecule has 1 atom stereocenters. The summed E-state index contributed by atoms with van der Waals surface area (Å²) in [6.45, 7) is 5.45. The first-order chi connectivity index (χ1) is 18.9. The average molecular weight is 547 g/mol. The molecule has 0 spiro atoms. The first-order valence-corrected chi connectivity index (χ1v) is 13.4. The number of H-pyrrole nitrogens is 1. The fraction of sp³-hybridized carbons (Fsp3) is 0.310. The second-order valence-corrected chi connectivity index (χ2v) is 10.3. The maximum absolute atomic E-state index is 13.4. The molecular weight excluding hydrogens is 516 g/mol. The highest BCUT2D eigenvalue weighted by molar-refractivity contribution is 6.34. The van der Waals surface area contributed by atoms with Crippen molar-refractivity contribution in [3.05, 3.63) is 75.6 Å². The topological polar surface area (TPSA) is 121 Å². The number of hydrogen-bond donors (Lipinski definition) is 4. The van der Waals surface area contributed by atoms with Gasteiger partial charge in [-0.1, -0.05) is 47.3 Å². The van der Waals surface area contributed by atoms with E-state index in [4.69, 9.17) is 16.3 Å². The van der Waals surface area contributed by atoms with Crippen LogP contribution in [0.1, 0.15) is 36.8 Å². The van der Waals surface area contributed by atoms with Crippen molar-refractivity contribution in [2.24, 2.45) is 0 Å². The van der Waals surface area contributed by atoms with Crippen molar-refractivity contribution in [1.82, 2.24) is 20.3 Å². The molecule has 4 N–H and O–H groups in total. The Kier molecular flexibility index (Phi) is 8.09. The van der Waals surface area contributed by atoms with Gasteiger partial charge in [-0.25, -0.2) is 14.8 Å². The Balaban J connectivity index is 1.54. The number of aromatic nitrogens is 3. The van der Waals surface area contributed by atoms with Crippen LogP contribution < -0.4 is 26.2 Å². The molecule has 1 aliphatic heterocycles. The summed E-state index contributed by atoms with van der Waals surface area (Å²) in [7, 11) is 0. The van der Waals surface area contributed by atoms with Gasteiger partial charge in [0.05, 0.1) is 46.5 Å². The molecule has 0 bridgehead atoms. The summed E-state index contributed by atoms with van der Waals surface area (Å²) in [6.07, 6.45) is 8.67. The van der Waals surface area contributed by atoms with Crippen molar-refractivity contribution >= 4 is 39.9 Å². The van der Waals surface area contributed by atoms with E-state index >= 15 is 0 Å². The number of nitrogens with zero attached hydrogens (tertiary/aromatic N) is 2. The molecule has 1 unspecified atom stereocenters. The fourth-order valence-corrected chi connectivity index (χ4v) is 5.25. The molecule has 2 aromatic heterocycles. The molecule has 5 rings (SSSR count). The molecule has 1 saturated heterocycles. The van der Waals surface area contributed by atoms with Gasteiger partial charge < -0.3 is 25.7 Å². The molecule has 2 amide bonds. The molecule has 4 aromatic rings. The number of rotatable bonds is 7. The summed E-state index contributed by atoms with van der Waals surface area (Å²) in [5.74, 6) is 0.464. The Bertz CT molecular complexity index is 1530. The molecule has 10 heteroatoms. The Labute approximate surface area is 231 Å². The number of ether oxygens (including phenoxy) is 1. The lowest BCUT2D eigenvalue weighted by atomic mass is 9.99. The number of aromatic amines is 1. The molecule has 3 heterocycles. The number of benzene rings is 2. The zero-order valence-electron chi connectivity index (χ0n) is 21.9. The zero-order valence-corrected chi connectivity index (χ0v) is 22.7. The first-order valence-electron chi connectivity index (χ1n) is 13.0. The van der Waals surface area contributed by atoms with E-state index in [1.807, 2.05) is 26.0 Å². The van der Waals surface area contributed by atoms with Gasteiger partial charge in [0.15, 0.2) is 0 Å². The predicted molar refractivity (Wildman–Crippen MR) is 155 cm³/mol. The summed E-state index contributed by atoms with van der Waals surface area (Å²) in [5.41, 5.74) is 4.37. The van der Waals surface area contributed by atoms with E-state index in [2.05, 4.69) is 37.0 Å². The second kappa shape index (κ2) is 11.8. The number of pyridine rings is 1. The number of urea groups is 1. The van der Waals surface area contributed by atoms with Crippen LogP contribution in [0.4, 0.5) is 16.2 Å². The molecule has 0 aliphatic carbocycles. The smallest absolute Gasteiger partial charge is 0.323 e. The van der Waals surface area contributed by atoms with E-state index < -0.39 is 6.03 Å². The lowest BCUT2D eigenvalue weighted by Gasteiger charge is -2.24. The van der Waals surface area contributed by atoms with Crippen molar-refractivity contribution < 1.29 is 9.53 Å². The number of carbonyl (C=O) groups excluding carboxylic acids is 1. The van der Waals surface area contributed by atoms with Crippen LogP contribution in [-0.4, -0.2) is 40.2 Å². The van der Waals surface area contributed by atoms with Crippen LogP contribution in [-0.2, 0) is 0 Å². The molecule has 202 valence electrons. The number of piperidine rings is 1. The molecular formula is C29H31ClN6O3. The molecule has 39 heavy (non-hydrogen) atoms. The van der Waals surface area contributed by atoms with Crippen LogP contribution in [0.25, 0.3) is 22.0 Å². The lowest BCUT2D eigenvalue weighted by molar-refractivity contribution is 0.262. The van der Waals surface area contributed by atoms with Crippen LogP contribution in [0.15, 0.2) is 53.8 Å². The van der Waals surface area contributed by atoms with E-state index in [0.717, 1.165) is 36.1 Å². The molecule has 1 fully saturated rings. The molecule has 0 radical (unpaired) electrons. The van der Waals surface area contributed by atoms with E-state index in [0.29, 0.717) is 46.2 Å². The van der Waals surface area contributed by atoms with Crippen molar-refractivity contribution in [3.63, 3.8) is 0 Å². The SMILES string of the molecule is Cc1cc(C)cc(-c2c(OCCC3CCCCN3)c3cc(NC(=O)Nc4cncnc4)c(Cl)cc3[nH]c2=O)c1. The minimum Gasteiger partial charge on any atom is -0.492 e. The summed E-state index contributed by atoms with van der Waals surface area (Å²) < 4.78 is 6.42. The van der Waals surface area contributed by atoms with Gasteiger partial charge in [-0.15, -0.1) is 0 Å². The van der Waals surface area contributed by atoms with Gasteiger partial charge in [0.25, 0.3) is 5.56 Å². The second-order valence-electron chi connectivity index (χ2n) is 9.90. The third-order valence-corrected chi connectivity index (χ3v) is 7.07. The Hall–Kier alpha value is -3.95. The van der Waals surface area contributed by atoms with Gasteiger partial charge in [-0.2, -0.15) is 0 Å². The van der Waals surface area contributed by atoms with Gasteiger partial charge in [0.1, 0.15) is 12.1 Å². The highest BCUT2D eigenvalue weighted by atomic mass is 35.5. The van der Waals surface area contributed by atoms with Gasteiger partial charge in [-0.05, 0) is 57.4 Å². The minimum atomic E-state index is -0.504. The molecule has 1 aliphatic rings. The lowest BCUT2D eigenvalue weighted by Crippen LogP contribution is -2.35. The number of carbonyl (C=O) groups is 1. The van der Waals surface area contributed by atoms with E-state index in [-0.39, 0.29) is 10.6 Å². The van der Waals surface area contributed by atoms with Crippen LogP contribution in [0.5, 0.6) is 5.75 Å².